The molecule has 0 spiro atoms. The molecule has 5 heteroatoms. The number of hydrogen-bond acceptors (Lipinski definition) is 4. The summed E-state index contributed by atoms with van der Waals surface area (Å²) in [6.07, 6.45) is 2.67. The lowest BCUT2D eigenvalue weighted by atomic mass is 9.89. The van der Waals surface area contributed by atoms with Gasteiger partial charge in [0.1, 0.15) is 6.10 Å². The molecule has 0 aliphatic carbocycles. The lowest BCUT2D eigenvalue weighted by Crippen LogP contribution is -2.34. The summed E-state index contributed by atoms with van der Waals surface area (Å²) < 4.78 is 10.9. The van der Waals surface area contributed by atoms with Crippen molar-refractivity contribution in [2.24, 2.45) is 5.41 Å². The number of likely N-dealkylation sites (tertiary alicyclic amines) is 1. The largest absolute Gasteiger partial charge is 0.466 e. The van der Waals surface area contributed by atoms with E-state index in [1.54, 1.807) is 0 Å². The fraction of sp³-hybridized carbons (Fsp3) is 0.619. The maximum absolute atomic E-state index is 12.7. The summed E-state index contributed by atoms with van der Waals surface area (Å²) >= 11 is 0. The highest BCUT2D eigenvalue weighted by molar-refractivity contribution is 5.84. The normalized spacial score (nSPS) is 19.0. The Morgan fingerprint density at radius 3 is 2.62 bits per heavy atom. The predicted octanol–water partition coefficient (Wildman–Crippen LogP) is 3.56. The lowest BCUT2D eigenvalue weighted by Gasteiger charge is -2.23. The van der Waals surface area contributed by atoms with E-state index < -0.39 is 6.10 Å². The van der Waals surface area contributed by atoms with Gasteiger partial charge in [-0.05, 0) is 25.3 Å². The van der Waals surface area contributed by atoms with Gasteiger partial charge in [-0.2, -0.15) is 0 Å². The Balaban J connectivity index is 1.75. The van der Waals surface area contributed by atoms with Crippen LogP contribution in [0.25, 0.3) is 0 Å². The van der Waals surface area contributed by atoms with Gasteiger partial charge < -0.3 is 14.4 Å². The van der Waals surface area contributed by atoms with Crippen LogP contribution in [0.5, 0.6) is 0 Å². The Morgan fingerprint density at radius 2 is 1.92 bits per heavy atom. The van der Waals surface area contributed by atoms with Crippen LogP contribution >= 0.6 is 0 Å². The summed E-state index contributed by atoms with van der Waals surface area (Å²) in [5, 5.41) is 0. The minimum atomic E-state index is -0.401. The number of benzene rings is 1. The number of carbonyl (C=O) groups is 2. The average Bonchev–Trinajstić information content (AvgIpc) is 2.82. The van der Waals surface area contributed by atoms with E-state index in [9.17, 15) is 9.59 Å². The number of amides is 1. The van der Waals surface area contributed by atoms with Crippen LogP contribution < -0.4 is 0 Å². The molecule has 0 aromatic heterocycles. The van der Waals surface area contributed by atoms with Crippen LogP contribution in [0, 0.1) is 5.41 Å². The summed E-state index contributed by atoms with van der Waals surface area (Å²) in [6, 6.07) is 9.94. The lowest BCUT2D eigenvalue weighted by molar-refractivity contribution is -0.143. The molecule has 1 aliphatic heterocycles. The van der Waals surface area contributed by atoms with Crippen molar-refractivity contribution in [3.63, 3.8) is 0 Å². The summed E-state index contributed by atoms with van der Waals surface area (Å²) in [7, 11) is 0. The summed E-state index contributed by atoms with van der Waals surface area (Å²) in [4.78, 5) is 26.0. The molecule has 0 radical (unpaired) electrons. The van der Waals surface area contributed by atoms with Crippen molar-refractivity contribution in [3.05, 3.63) is 35.9 Å². The maximum Gasteiger partial charge on any atom is 0.305 e. The molecule has 1 aliphatic rings. The zero-order chi connectivity index (χ0) is 19.0. The molecule has 1 aromatic carbocycles. The van der Waals surface area contributed by atoms with Gasteiger partial charge in [-0.15, -0.1) is 0 Å². The molecule has 1 aromatic rings. The number of nitrogens with zero attached hydrogens (tertiary/aromatic N) is 1. The first-order chi connectivity index (χ1) is 12.4. The van der Waals surface area contributed by atoms with Gasteiger partial charge in [0.15, 0.2) is 0 Å². The minimum absolute atomic E-state index is 0.0799. The number of esters is 1. The molecule has 1 amide bonds. The van der Waals surface area contributed by atoms with Gasteiger partial charge in [0, 0.05) is 24.9 Å². The van der Waals surface area contributed by atoms with Crippen molar-refractivity contribution in [1.82, 2.24) is 4.90 Å². The first-order valence-corrected chi connectivity index (χ1v) is 9.54. The number of hydrogen-bond donors (Lipinski definition) is 0. The van der Waals surface area contributed by atoms with Crippen molar-refractivity contribution in [1.29, 1.82) is 0 Å². The topological polar surface area (TPSA) is 55.8 Å². The Hall–Kier alpha value is -1.88. The van der Waals surface area contributed by atoms with E-state index in [-0.39, 0.29) is 17.3 Å². The van der Waals surface area contributed by atoms with E-state index in [4.69, 9.17) is 9.47 Å². The van der Waals surface area contributed by atoms with Crippen LogP contribution in [0.1, 0.15) is 52.0 Å². The fourth-order valence-electron chi connectivity index (χ4n) is 3.37. The number of carbonyl (C=O) groups excluding carboxylic acids is 2. The van der Waals surface area contributed by atoms with Crippen LogP contribution in [0.4, 0.5) is 0 Å². The van der Waals surface area contributed by atoms with Crippen LogP contribution in [-0.2, 0) is 25.7 Å². The van der Waals surface area contributed by atoms with E-state index in [1.807, 2.05) is 42.2 Å². The molecular weight excluding hydrogens is 330 g/mol. The Bertz CT molecular complexity index is 585. The second-order valence-corrected chi connectivity index (χ2v) is 7.54. The summed E-state index contributed by atoms with van der Waals surface area (Å²) in [6.45, 7) is 8.30. The predicted molar refractivity (Wildman–Crippen MR) is 100 cm³/mol. The number of rotatable bonds is 10. The van der Waals surface area contributed by atoms with Gasteiger partial charge in [0.05, 0.1) is 13.2 Å². The fourth-order valence-corrected chi connectivity index (χ4v) is 3.37. The molecule has 0 bridgehead atoms. The van der Waals surface area contributed by atoms with Crippen molar-refractivity contribution in [2.75, 3.05) is 19.7 Å². The summed E-state index contributed by atoms with van der Waals surface area (Å²) in [5.74, 6) is -0.0587. The van der Waals surface area contributed by atoms with Crippen molar-refractivity contribution < 1.29 is 19.1 Å². The monoisotopic (exact) mass is 361 g/mol. The Labute approximate surface area is 156 Å². The molecule has 1 atom stereocenters. The van der Waals surface area contributed by atoms with Crippen LogP contribution in [0.2, 0.25) is 0 Å². The molecule has 2 rings (SSSR count). The molecule has 0 saturated carbocycles. The summed E-state index contributed by atoms with van der Waals surface area (Å²) in [5.41, 5.74) is 0.880. The average molecular weight is 361 g/mol. The highest BCUT2D eigenvalue weighted by Gasteiger charge is 2.46. The molecule has 144 valence electrons. The third-order valence-corrected chi connectivity index (χ3v) is 4.72. The maximum atomic E-state index is 12.7. The van der Waals surface area contributed by atoms with Gasteiger partial charge in [0.2, 0.25) is 0 Å². The first-order valence-electron chi connectivity index (χ1n) is 9.54. The Kier molecular flexibility index (Phi) is 7.64. The van der Waals surface area contributed by atoms with E-state index in [0.29, 0.717) is 26.2 Å². The van der Waals surface area contributed by atoms with Gasteiger partial charge in [-0.3, -0.25) is 9.59 Å². The van der Waals surface area contributed by atoms with Crippen molar-refractivity contribution in [3.8, 4) is 0 Å². The second-order valence-electron chi connectivity index (χ2n) is 7.54. The smallest absolute Gasteiger partial charge is 0.305 e. The molecule has 1 saturated heterocycles. The highest BCUT2D eigenvalue weighted by atomic mass is 16.5. The van der Waals surface area contributed by atoms with Crippen molar-refractivity contribution >= 4 is 11.9 Å². The SMILES string of the molecule is CCOC(=O)CCCCCN1CC(C)(C)C(OCc2ccccc2)C1=O. The molecule has 0 N–H and O–H groups in total. The van der Waals surface area contributed by atoms with Crippen LogP contribution in [0.15, 0.2) is 30.3 Å². The van der Waals surface area contributed by atoms with E-state index in [2.05, 4.69) is 13.8 Å². The minimum Gasteiger partial charge on any atom is -0.466 e. The van der Waals surface area contributed by atoms with E-state index >= 15 is 0 Å². The molecule has 1 fully saturated rings. The third-order valence-electron chi connectivity index (χ3n) is 4.72. The van der Waals surface area contributed by atoms with E-state index in [0.717, 1.165) is 31.4 Å². The molecule has 1 unspecified atom stereocenters. The van der Waals surface area contributed by atoms with Gasteiger partial charge in [-0.25, -0.2) is 0 Å². The molecular formula is C21H31NO4. The van der Waals surface area contributed by atoms with Crippen LogP contribution in [-0.4, -0.2) is 42.6 Å². The molecule has 5 nitrogen and oxygen atoms in total. The van der Waals surface area contributed by atoms with Crippen LogP contribution in [0.3, 0.4) is 0 Å². The van der Waals surface area contributed by atoms with Gasteiger partial charge in [0.25, 0.3) is 5.91 Å². The Morgan fingerprint density at radius 1 is 1.19 bits per heavy atom. The highest BCUT2D eigenvalue weighted by Crippen LogP contribution is 2.33. The number of ether oxygens (including phenoxy) is 2. The van der Waals surface area contributed by atoms with Gasteiger partial charge in [-0.1, -0.05) is 50.6 Å². The molecule has 26 heavy (non-hydrogen) atoms. The van der Waals surface area contributed by atoms with Gasteiger partial charge >= 0.3 is 5.97 Å². The van der Waals surface area contributed by atoms with Crippen molar-refractivity contribution in [2.45, 2.75) is 59.2 Å². The zero-order valence-corrected chi connectivity index (χ0v) is 16.2. The standard InChI is InChI=1S/C21H31NO4/c1-4-25-18(23)13-9-6-10-14-22-16-21(2,3)19(20(22)24)26-15-17-11-7-5-8-12-17/h5,7-8,11-12,19H,4,6,9-10,13-16H2,1-3H3. The zero-order valence-electron chi connectivity index (χ0n) is 16.2. The quantitative estimate of drug-likeness (QED) is 0.472. The number of unbranched alkanes of at least 4 members (excludes halogenated alkanes) is 2. The first kappa shape index (κ1) is 20.4. The third kappa shape index (κ3) is 5.84. The second kappa shape index (κ2) is 9.72. The van der Waals surface area contributed by atoms with E-state index in [1.165, 1.54) is 0 Å². The molecule has 1 heterocycles.